The van der Waals surface area contributed by atoms with Gasteiger partial charge in [-0.05, 0) is 61.6 Å². The first-order valence-corrected chi connectivity index (χ1v) is 11.5. The van der Waals surface area contributed by atoms with Crippen LogP contribution < -0.4 is 14.8 Å². The van der Waals surface area contributed by atoms with E-state index in [0.717, 1.165) is 6.42 Å². The third-order valence-corrected chi connectivity index (χ3v) is 5.92. The summed E-state index contributed by atoms with van der Waals surface area (Å²) in [5.41, 5.74) is 0.842. The number of carbonyl (C=O) groups excluding carboxylic acids is 2. The van der Waals surface area contributed by atoms with Gasteiger partial charge in [0.2, 0.25) is 0 Å². The number of piperidine rings is 1. The van der Waals surface area contributed by atoms with Gasteiger partial charge in [0, 0.05) is 30.3 Å². The molecule has 178 valence electrons. The number of likely N-dealkylation sites (tertiary alicyclic amines) is 1. The summed E-state index contributed by atoms with van der Waals surface area (Å²) in [6.07, 6.45) is 2.13. The molecular formula is C25H30ClFN2O4. The van der Waals surface area contributed by atoms with E-state index in [1.165, 1.54) is 31.4 Å². The van der Waals surface area contributed by atoms with Crippen molar-refractivity contribution in [1.29, 1.82) is 0 Å². The highest BCUT2D eigenvalue weighted by Gasteiger charge is 2.26. The van der Waals surface area contributed by atoms with Crippen molar-refractivity contribution in [3.63, 3.8) is 0 Å². The van der Waals surface area contributed by atoms with Gasteiger partial charge < -0.3 is 19.7 Å². The van der Waals surface area contributed by atoms with Crippen LogP contribution in [0.4, 0.5) is 4.39 Å². The molecule has 1 saturated heterocycles. The zero-order chi connectivity index (χ0) is 24.0. The maximum Gasteiger partial charge on any atom is 0.254 e. The van der Waals surface area contributed by atoms with Crippen molar-refractivity contribution in [2.45, 2.75) is 39.2 Å². The molecule has 2 amide bonds. The van der Waals surface area contributed by atoms with Crippen LogP contribution in [-0.2, 0) is 0 Å². The molecule has 1 N–H and O–H groups in total. The molecule has 1 aliphatic heterocycles. The Morgan fingerprint density at radius 1 is 1.15 bits per heavy atom. The molecule has 0 aliphatic carbocycles. The van der Waals surface area contributed by atoms with Gasteiger partial charge in [-0.3, -0.25) is 9.59 Å². The quantitative estimate of drug-likeness (QED) is 0.585. The number of nitrogens with zero attached hydrogens (tertiary/aromatic N) is 1. The Morgan fingerprint density at radius 2 is 1.82 bits per heavy atom. The Kier molecular flexibility index (Phi) is 8.55. The van der Waals surface area contributed by atoms with E-state index in [9.17, 15) is 14.0 Å². The third-order valence-electron chi connectivity index (χ3n) is 5.64. The number of nitrogens with one attached hydrogen (secondary N) is 1. The predicted octanol–water partition coefficient (Wildman–Crippen LogP) is 4.95. The Balaban J connectivity index is 1.59. The van der Waals surface area contributed by atoms with Crippen molar-refractivity contribution in [2.75, 3.05) is 26.8 Å². The highest BCUT2D eigenvalue weighted by atomic mass is 35.5. The standard InChI is InChI=1S/C25H30ClFN2O4/c1-16(2)10-13-33-23-21(26)14-18(15-22(23)32-3)25(31)29-11-8-20(9-12-29)28-24(30)17-4-6-19(27)7-5-17/h4-7,14-16,20H,8-13H2,1-3H3,(H,28,30). The smallest absolute Gasteiger partial charge is 0.254 e. The maximum absolute atomic E-state index is 13.1. The lowest BCUT2D eigenvalue weighted by Gasteiger charge is -2.32. The molecule has 0 saturated carbocycles. The number of hydrogen-bond donors (Lipinski definition) is 1. The van der Waals surface area contributed by atoms with Gasteiger partial charge in [0.25, 0.3) is 11.8 Å². The predicted molar refractivity (Wildman–Crippen MR) is 126 cm³/mol. The number of ether oxygens (including phenoxy) is 2. The van der Waals surface area contributed by atoms with Gasteiger partial charge in [-0.25, -0.2) is 4.39 Å². The molecule has 2 aromatic carbocycles. The zero-order valence-corrected chi connectivity index (χ0v) is 20.0. The minimum Gasteiger partial charge on any atom is -0.493 e. The van der Waals surface area contributed by atoms with Gasteiger partial charge in [0.1, 0.15) is 5.82 Å². The molecule has 33 heavy (non-hydrogen) atoms. The average Bonchev–Trinajstić information content (AvgIpc) is 2.80. The van der Waals surface area contributed by atoms with Crippen molar-refractivity contribution in [3.05, 3.63) is 58.4 Å². The number of methoxy groups -OCH3 is 1. The number of rotatable bonds is 8. The molecule has 8 heteroatoms. The fraction of sp³-hybridized carbons (Fsp3) is 0.440. The molecule has 1 aliphatic rings. The minimum atomic E-state index is -0.384. The van der Waals surface area contributed by atoms with Crippen LogP contribution >= 0.6 is 11.6 Å². The second-order valence-corrected chi connectivity index (χ2v) is 8.97. The van der Waals surface area contributed by atoms with Crippen LogP contribution in [0.25, 0.3) is 0 Å². The van der Waals surface area contributed by atoms with Crippen LogP contribution in [0.1, 0.15) is 53.8 Å². The molecule has 0 spiro atoms. The molecule has 0 atom stereocenters. The summed E-state index contributed by atoms with van der Waals surface area (Å²) in [5.74, 6) is 0.593. The Hall–Kier alpha value is -2.80. The molecule has 1 heterocycles. The van der Waals surface area contributed by atoms with Crippen molar-refractivity contribution < 1.29 is 23.5 Å². The summed E-state index contributed by atoms with van der Waals surface area (Å²) < 4.78 is 24.3. The normalized spacial score (nSPS) is 14.3. The van der Waals surface area contributed by atoms with Crippen LogP contribution in [0, 0.1) is 11.7 Å². The lowest BCUT2D eigenvalue weighted by atomic mass is 10.0. The zero-order valence-electron chi connectivity index (χ0n) is 19.2. The van der Waals surface area contributed by atoms with Crippen LogP contribution in [-0.4, -0.2) is 49.6 Å². The van der Waals surface area contributed by atoms with Crippen molar-refractivity contribution in [1.82, 2.24) is 10.2 Å². The second kappa shape index (κ2) is 11.4. The number of benzene rings is 2. The van der Waals surface area contributed by atoms with E-state index in [2.05, 4.69) is 19.2 Å². The largest absolute Gasteiger partial charge is 0.493 e. The van der Waals surface area contributed by atoms with Crippen LogP contribution in [0.3, 0.4) is 0 Å². The van der Waals surface area contributed by atoms with Crippen molar-refractivity contribution in [2.24, 2.45) is 5.92 Å². The van der Waals surface area contributed by atoms with Gasteiger partial charge in [0.05, 0.1) is 18.7 Å². The summed E-state index contributed by atoms with van der Waals surface area (Å²) in [6, 6.07) is 8.64. The van der Waals surface area contributed by atoms with Crippen LogP contribution in [0.2, 0.25) is 5.02 Å². The van der Waals surface area contributed by atoms with Gasteiger partial charge >= 0.3 is 0 Å². The number of carbonyl (C=O) groups is 2. The molecule has 1 fully saturated rings. The lowest BCUT2D eigenvalue weighted by molar-refractivity contribution is 0.0697. The third kappa shape index (κ3) is 6.60. The first kappa shape index (κ1) is 24.8. The molecule has 0 radical (unpaired) electrons. The molecular weight excluding hydrogens is 447 g/mol. The molecule has 2 aromatic rings. The van der Waals surface area contributed by atoms with E-state index in [-0.39, 0.29) is 23.7 Å². The molecule has 6 nitrogen and oxygen atoms in total. The van der Waals surface area contributed by atoms with Gasteiger partial charge in [-0.2, -0.15) is 0 Å². The second-order valence-electron chi connectivity index (χ2n) is 8.57. The highest BCUT2D eigenvalue weighted by molar-refractivity contribution is 6.32. The van der Waals surface area contributed by atoms with E-state index in [1.807, 2.05) is 0 Å². The van der Waals surface area contributed by atoms with Crippen LogP contribution in [0.5, 0.6) is 11.5 Å². The van der Waals surface area contributed by atoms with E-state index < -0.39 is 0 Å². The van der Waals surface area contributed by atoms with Crippen LogP contribution in [0.15, 0.2) is 36.4 Å². The Morgan fingerprint density at radius 3 is 2.42 bits per heavy atom. The molecule has 3 rings (SSSR count). The van der Waals surface area contributed by atoms with Crippen molar-refractivity contribution in [3.8, 4) is 11.5 Å². The summed E-state index contributed by atoms with van der Waals surface area (Å²) in [6.45, 7) is 5.74. The topological polar surface area (TPSA) is 67.9 Å². The monoisotopic (exact) mass is 476 g/mol. The highest BCUT2D eigenvalue weighted by Crippen LogP contribution is 2.37. The Labute approximate surface area is 199 Å². The molecule has 0 aromatic heterocycles. The van der Waals surface area contributed by atoms with E-state index in [1.54, 1.807) is 17.0 Å². The summed E-state index contributed by atoms with van der Waals surface area (Å²) in [5, 5.41) is 3.30. The fourth-order valence-electron chi connectivity index (χ4n) is 3.66. The van der Waals surface area contributed by atoms with Gasteiger partial charge in [-0.15, -0.1) is 0 Å². The maximum atomic E-state index is 13.1. The molecule has 0 unspecified atom stereocenters. The number of halogens is 2. The first-order valence-electron chi connectivity index (χ1n) is 11.1. The average molecular weight is 477 g/mol. The minimum absolute atomic E-state index is 0.0542. The SMILES string of the molecule is COc1cc(C(=O)N2CCC(NC(=O)c3ccc(F)cc3)CC2)cc(Cl)c1OCCC(C)C. The van der Waals surface area contributed by atoms with Gasteiger partial charge in [-0.1, -0.05) is 25.4 Å². The first-order chi connectivity index (χ1) is 15.8. The lowest BCUT2D eigenvalue weighted by Crippen LogP contribution is -2.46. The fourth-order valence-corrected chi connectivity index (χ4v) is 3.92. The Bertz CT molecular complexity index is 973. The van der Waals surface area contributed by atoms with E-state index >= 15 is 0 Å². The molecule has 0 bridgehead atoms. The van der Waals surface area contributed by atoms with Gasteiger partial charge in [0.15, 0.2) is 11.5 Å². The van der Waals surface area contributed by atoms with E-state index in [4.69, 9.17) is 21.1 Å². The summed E-state index contributed by atoms with van der Waals surface area (Å²) in [4.78, 5) is 27.2. The summed E-state index contributed by atoms with van der Waals surface area (Å²) in [7, 11) is 1.52. The number of hydrogen-bond acceptors (Lipinski definition) is 4. The van der Waals surface area contributed by atoms with E-state index in [0.29, 0.717) is 66.1 Å². The summed E-state index contributed by atoms with van der Waals surface area (Å²) >= 11 is 6.41. The number of amides is 2. The van der Waals surface area contributed by atoms with Crippen molar-refractivity contribution >= 4 is 23.4 Å².